The van der Waals surface area contributed by atoms with E-state index < -0.39 is 66.3 Å². The molecule has 3 aliphatic rings. The molecule has 356 valence electrons. The quantitative estimate of drug-likeness (QED) is 0.104. The van der Waals surface area contributed by atoms with Crippen LogP contribution in [0.2, 0.25) is 0 Å². The van der Waals surface area contributed by atoms with Crippen molar-refractivity contribution in [3.8, 4) is 0 Å². The third-order valence-electron chi connectivity index (χ3n) is 12.1. The molecule has 3 N–H and O–H groups in total. The summed E-state index contributed by atoms with van der Waals surface area (Å²) in [5.41, 5.74) is 8.73. The second-order valence-corrected chi connectivity index (χ2v) is 16.7. The van der Waals surface area contributed by atoms with Crippen LogP contribution in [0.25, 0.3) is 49.9 Å². The molecular formula is C49H52N6O13. The number of H-pyrrole nitrogens is 3. The van der Waals surface area contributed by atoms with Crippen molar-refractivity contribution in [2.45, 2.75) is 98.7 Å². The lowest BCUT2D eigenvalue weighted by molar-refractivity contribution is -0.166. The number of hydrogen-bond acceptors (Lipinski definition) is 15. The molecule has 19 heteroatoms. The van der Waals surface area contributed by atoms with Gasteiger partial charge < -0.3 is 38.4 Å². The minimum atomic E-state index is -1.47. The first-order valence-electron chi connectivity index (χ1n) is 21.7. The molecule has 0 aliphatic carbocycles. The number of aromatic amines is 3. The summed E-state index contributed by atoms with van der Waals surface area (Å²) < 4.78 is 33.3. The Kier molecular flexibility index (Phi) is 14.0. The van der Waals surface area contributed by atoms with Crippen molar-refractivity contribution < 1.29 is 52.4 Å². The lowest BCUT2D eigenvalue weighted by Crippen LogP contribution is -2.42. The van der Waals surface area contributed by atoms with Gasteiger partial charge in [0.15, 0.2) is 18.4 Å². The number of aromatic nitrogens is 6. The van der Waals surface area contributed by atoms with Gasteiger partial charge in [-0.05, 0) is 110 Å². The first kappa shape index (κ1) is 48.3. The minimum absolute atomic E-state index is 0.0606. The van der Waals surface area contributed by atoms with E-state index in [1.807, 2.05) is 58.0 Å². The summed E-state index contributed by atoms with van der Waals surface area (Å²) in [5, 5.41) is 0. The molecule has 0 amide bonds. The average molecular weight is 933 g/mol. The highest BCUT2D eigenvalue weighted by Gasteiger charge is 2.51. The van der Waals surface area contributed by atoms with Crippen LogP contribution in [0, 0.1) is 13.8 Å². The Hall–Kier alpha value is -7.67. The number of nitrogens with one attached hydrogen (secondary N) is 3. The van der Waals surface area contributed by atoms with Gasteiger partial charge in [-0.1, -0.05) is 6.58 Å². The fourth-order valence-electron chi connectivity index (χ4n) is 8.67. The molecular weight excluding hydrogens is 881 g/mol. The standard InChI is InChI=1S/C49H52N6O13/c1-22-15-30-16-35-23(2)31(11-13-42(59)63-9)38(51-35)19-39-32(12-14-43(60)64-10)24(3)36(52-39)18-37-26(5)44(40(53-37)17-34(22)50-30)25(4)33-20-55(49(62)54-47(33)61)48-46(67-29(8)58)45(66-28(7)57)41(68-48)21-65-27(6)56/h15-20,41,45-46,48,50,53H,4,11-14,21H2,1-3,5-10H3,(H,54,61,62)/t41-,45?,46+,48-/m1/s1. The van der Waals surface area contributed by atoms with Crippen LogP contribution in [0.4, 0.5) is 0 Å². The molecule has 4 aromatic rings. The van der Waals surface area contributed by atoms with Gasteiger partial charge in [0, 0.05) is 67.4 Å². The molecule has 1 unspecified atom stereocenters. The summed E-state index contributed by atoms with van der Waals surface area (Å²) in [5.74, 6) is -2.95. The molecule has 7 rings (SSSR count). The summed E-state index contributed by atoms with van der Waals surface area (Å²) in [7, 11) is 2.68. The smallest absolute Gasteiger partial charge is 0.330 e. The Labute approximate surface area is 389 Å². The molecule has 1 saturated heterocycles. The maximum absolute atomic E-state index is 13.9. The predicted molar refractivity (Wildman–Crippen MR) is 249 cm³/mol. The molecule has 0 aromatic carbocycles. The predicted octanol–water partition coefficient (Wildman–Crippen LogP) is 5.93. The number of aryl methyl sites for hydroxylation is 2. The van der Waals surface area contributed by atoms with Gasteiger partial charge in [-0.3, -0.25) is 38.3 Å². The Balaban J connectivity index is 1.45. The second kappa shape index (κ2) is 19.7. The molecule has 4 aromatic heterocycles. The fraction of sp³-hybridized carbons (Fsp3) is 0.367. The van der Waals surface area contributed by atoms with Crippen LogP contribution < -0.4 is 11.2 Å². The maximum atomic E-state index is 13.9. The first-order chi connectivity index (χ1) is 32.3. The number of hydrogen-bond donors (Lipinski definition) is 3. The minimum Gasteiger partial charge on any atom is -0.469 e. The number of carbonyl (C=O) groups is 5. The zero-order valence-corrected chi connectivity index (χ0v) is 39.2. The zero-order chi connectivity index (χ0) is 49.3. The van der Waals surface area contributed by atoms with E-state index in [0.717, 1.165) is 51.8 Å². The summed E-state index contributed by atoms with van der Waals surface area (Å²) in [6.45, 7) is 15.0. The molecule has 3 aliphatic heterocycles. The number of nitrogens with zero attached hydrogens (tertiary/aromatic N) is 3. The number of ether oxygens (including phenoxy) is 6. The van der Waals surface area contributed by atoms with Crippen LogP contribution in [0.15, 0.2) is 52.7 Å². The van der Waals surface area contributed by atoms with Crippen LogP contribution in [0.5, 0.6) is 0 Å². The van der Waals surface area contributed by atoms with Crippen LogP contribution in [-0.2, 0) is 52.4 Å². The monoisotopic (exact) mass is 932 g/mol. The van der Waals surface area contributed by atoms with Crippen LogP contribution in [0.1, 0.15) is 112 Å². The Morgan fingerprint density at radius 3 is 1.87 bits per heavy atom. The van der Waals surface area contributed by atoms with Crippen molar-refractivity contribution in [1.29, 1.82) is 0 Å². The summed E-state index contributed by atoms with van der Waals surface area (Å²) in [6.07, 6.45) is -3.23. The normalized spacial score (nSPS) is 17.8. The Bertz CT molecular complexity index is 3150. The van der Waals surface area contributed by atoms with E-state index in [1.54, 1.807) is 0 Å². The van der Waals surface area contributed by atoms with E-state index in [4.69, 9.17) is 38.4 Å². The SMILES string of the molecule is C=C(c1cn([C@@H]2O[C@H](COC(C)=O)C(OC(C)=O)[C@@H]2OC(C)=O)c(=O)[nH]c1=O)c1c(C)c2cc3nc(cc4nc(cc5cc(C)c(cc1[nH]2)[nH]5)C(C)=C4CCC(=O)OC)C(CCC(=O)OC)=C3C. The number of allylic oxidation sites excluding steroid dienone is 4. The van der Waals surface area contributed by atoms with Crippen molar-refractivity contribution in [2.75, 3.05) is 20.8 Å². The number of methoxy groups -OCH3 is 2. The van der Waals surface area contributed by atoms with E-state index in [2.05, 4.69) is 21.5 Å². The van der Waals surface area contributed by atoms with Crippen molar-refractivity contribution in [1.82, 2.24) is 29.5 Å². The Morgan fingerprint density at radius 1 is 0.706 bits per heavy atom. The molecule has 19 nitrogen and oxygen atoms in total. The number of fused-ring (bicyclic) bond motifs is 8. The lowest BCUT2D eigenvalue weighted by atomic mass is 9.97. The van der Waals surface area contributed by atoms with Gasteiger partial charge >= 0.3 is 35.5 Å². The zero-order valence-electron chi connectivity index (χ0n) is 39.2. The van der Waals surface area contributed by atoms with Gasteiger partial charge in [-0.2, -0.15) is 0 Å². The molecule has 0 saturated carbocycles. The summed E-state index contributed by atoms with van der Waals surface area (Å²) >= 11 is 0. The van der Waals surface area contributed by atoms with Crippen LogP contribution in [-0.4, -0.2) is 98.5 Å². The number of rotatable bonds is 13. The Morgan fingerprint density at radius 2 is 1.29 bits per heavy atom. The van der Waals surface area contributed by atoms with Crippen molar-refractivity contribution in [3.05, 3.63) is 109 Å². The molecule has 0 radical (unpaired) electrons. The average Bonchev–Trinajstić information content (AvgIpc) is 4.04. The van der Waals surface area contributed by atoms with Gasteiger partial charge in [0.1, 0.15) is 12.7 Å². The topological polar surface area (TPSA) is 253 Å². The number of esters is 5. The summed E-state index contributed by atoms with van der Waals surface area (Å²) in [4.78, 5) is 108. The van der Waals surface area contributed by atoms with Crippen LogP contribution >= 0.6 is 0 Å². The van der Waals surface area contributed by atoms with Gasteiger partial charge in [0.05, 0.1) is 42.6 Å². The first-order valence-corrected chi connectivity index (χ1v) is 21.7. The molecule has 7 heterocycles. The summed E-state index contributed by atoms with van der Waals surface area (Å²) in [6, 6.07) is 9.48. The van der Waals surface area contributed by atoms with Gasteiger partial charge in [0.25, 0.3) is 5.56 Å². The van der Waals surface area contributed by atoms with Crippen molar-refractivity contribution >= 4 is 79.8 Å². The van der Waals surface area contributed by atoms with E-state index in [-0.39, 0.29) is 29.9 Å². The molecule has 0 spiro atoms. The third-order valence-corrected chi connectivity index (χ3v) is 12.1. The highest BCUT2D eigenvalue weighted by molar-refractivity contribution is 5.98. The van der Waals surface area contributed by atoms with Gasteiger partial charge in [-0.15, -0.1) is 0 Å². The van der Waals surface area contributed by atoms with Crippen molar-refractivity contribution in [3.63, 3.8) is 0 Å². The van der Waals surface area contributed by atoms with E-state index in [9.17, 15) is 33.6 Å². The number of carbonyl (C=O) groups excluding carboxylic acids is 5. The highest BCUT2D eigenvalue weighted by Crippen LogP contribution is 2.39. The van der Waals surface area contributed by atoms with Gasteiger partial charge in [-0.25, -0.2) is 14.8 Å². The van der Waals surface area contributed by atoms with Gasteiger partial charge in [0.2, 0.25) is 0 Å². The molecule has 4 atom stereocenters. The largest absolute Gasteiger partial charge is 0.469 e. The molecule has 8 bridgehead atoms. The maximum Gasteiger partial charge on any atom is 0.330 e. The van der Waals surface area contributed by atoms with E-state index in [1.165, 1.54) is 27.3 Å². The molecule has 1 fully saturated rings. The fourth-order valence-corrected chi connectivity index (χ4v) is 8.67. The van der Waals surface area contributed by atoms with E-state index >= 15 is 0 Å². The van der Waals surface area contributed by atoms with Crippen molar-refractivity contribution in [2.24, 2.45) is 0 Å². The third kappa shape index (κ3) is 9.88. The van der Waals surface area contributed by atoms with Crippen LogP contribution in [0.3, 0.4) is 0 Å². The second-order valence-electron chi connectivity index (χ2n) is 16.7. The highest BCUT2D eigenvalue weighted by atomic mass is 16.7. The van der Waals surface area contributed by atoms with E-state index in [0.29, 0.717) is 63.3 Å². The molecule has 68 heavy (non-hydrogen) atoms. The lowest BCUT2D eigenvalue weighted by Gasteiger charge is -2.24.